The Bertz CT molecular complexity index is 772. The van der Waals surface area contributed by atoms with Crippen LogP contribution in [-0.2, 0) is 20.7 Å². The van der Waals surface area contributed by atoms with Crippen LogP contribution in [0.2, 0.25) is 0 Å². The second kappa shape index (κ2) is 7.83. The number of ether oxygens (including phenoxy) is 2. The number of hydrogen-bond acceptors (Lipinski definition) is 4. The van der Waals surface area contributed by atoms with Crippen LogP contribution in [0.5, 0.6) is 5.75 Å². The lowest BCUT2D eigenvalue weighted by Gasteiger charge is -2.17. The van der Waals surface area contributed by atoms with E-state index >= 15 is 0 Å². The molecule has 2 aromatic rings. The summed E-state index contributed by atoms with van der Waals surface area (Å²) in [5.41, 5.74) is 3.07. The number of aryl methyl sites for hydroxylation is 1. The normalized spacial score (nSPS) is 12.6. The minimum atomic E-state index is -0.436. The average molecular weight is 339 g/mol. The Balaban J connectivity index is 1.42. The number of amides is 1. The fraction of sp³-hybridized carbons (Fsp3) is 0.300. The molecule has 1 heterocycles. The zero-order chi connectivity index (χ0) is 17.6. The Hall–Kier alpha value is -2.82. The van der Waals surface area contributed by atoms with Gasteiger partial charge in [0.25, 0.3) is 5.91 Å². The number of rotatable bonds is 6. The van der Waals surface area contributed by atoms with Crippen molar-refractivity contribution >= 4 is 17.6 Å². The molecule has 1 amide bonds. The van der Waals surface area contributed by atoms with Gasteiger partial charge in [0.2, 0.25) is 0 Å². The average Bonchev–Trinajstić information content (AvgIpc) is 3.05. The van der Waals surface area contributed by atoms with Gasteiger partial charge in [-0.1, -0.05) is 36.4 Å². The summed E-state index contributed by atoms with van der Waals surface area (Å²) in [7, 11) is 0. The summed E-state index contributed by atoms with van der Waals surface area (Å²) in [6.07, 6.45) is 0.943. The number of hydrogen-bond donors (Lipinski definition) is 0. The predicted molar refractivity (Wildman–Crippen MR) is 94.7 cm³/mol. The molecule has 3 rings (SSSR count). The maximum absolute atomic E-state index is 12.3. The molecule has 0 atom stereocenters. The highest BCUT2D eigenvalue weighted by atomic mass is 16.5. The van der Waals surface area contributed by atoms with Gasteiger partial charge in [-0.25, -0.2) is 0 Å². The van der Waals surface area contributed by atoms with E-state index in [2.05, 4.69) is 0 Å². The summed E-state index contributed by atoms with van der Waals surface area (Å²) < 4.78 is 10.7. The Morgan fingerprint density at radius 3 is 2.68 bits per heavy atom. The molecule has 0 bridgehead atoms. The van der Waals surface area contributed by atoms with Crippen LogP contribution in [0.1, 0.15) is 17.5 Å². The minimum absolute atomic E-state index is 0.109. The first-order valence-corrected chi connectivity index (χ1v) is 8.37. The first-order valence-electron chi connectivity index (χ1n) is 8.37. The number of nitrogens with zero attached hydrogens (tertiary/aromatic N) is 1. The molecule has 0 saturated heterocycles. The molecule has 0 fully saturated rings. The summed E-state index contributed by atoms with van der Waals surface area (Å²) in [6.45, 7) is 2.56. The second-order valence-electron chi connectivity index (χ2n) is 5.95. The third-order valence-corrected chi connectivity index (χ3v) is 4.20. The van der Waals surface area contributed by atoms with Crippen molar-refractivity contribution < 1.29 is 19.1 Å². The van der Waals surface area contributed by atoms with Crippen LogP contribution in [0.25, 0.3) is 0 Å². The third-order valence-electron chi connectivity index (χ3n) is 4.20. The number of fused-ring (bicyclic) bond motifs is 1. The van der Waals surface area contributed by atoms with E-state index in [0.29, 0.717) is 6.54 Å². The number of para-hydroxylation sites is 2. The predicted octanol–water partition coefficient (Wildman–Crippen LogP) is 2.90. The largest absolute Gasteiger partial charge is 0.493 e. The molecule has 1 aliphatic heterocycles. The van der Waals surface area contributed by atoms with Crippen molar-refractivity contribution in [2.75, 3.05) is 24.7 Å². The number of carbonyl (C=O) groups is 2. The monoisotopic (exact) mass is 339 g/mol. The maximum atomic E-state index is 12.3. The van der Waals surface area contributed by atoms with Crippen LogP contribution in [0.3, 0.4) is 0 Å². The second-order valence-corrected chi connectivity index (χ2v) is 5.95. The number of benzene rings is 2. The molecule has 2 aromatic carbocycles. The molecule has 5 nitrogen and oxygen atoms in total. The van der Waals surface area contributed by atoms with Crippen LogP contribution in [-0.4, -0.2) is 31.6 Å². The van der Waals surface area contributed by atoms with E-state index in [4.69, 9.17) is 9.47 Å². The summed E-state index contributed by atoms with van der Waals surface area (Å²) in [6, 6.07) is 15.4. The van der Waals surface area contributed by atoms with E-state index in [0.717, 1.165) is 29.0 Å². The van der Waals surface area contributed by atoms with E-state index in [1.807, 2.05) is 55.5 Å². The molecule has 0 unspecified atom stereocenters. The molecule has 1 aliphatic rings. The SMILES string of the molecule is Cc1ccccc1OCCC(=O)OCC(=O)N1CCc2ccccc21. The van der Waals surface area contributed by atoms with E-state index in [1.165, 1.54) is 0 Å². The van der Waals surface area contributed by atoms with Gasteiger partial charge in [-0.05, 0) is 36.6 Å². The molecule has 0 radical (unpaired) electrons. The van der Waals surface area contributed by atoms with Gasteiger partial charge < -0.3 is 14.4 Å². The maximum Gasteiger partial charge on any atom is 0.309 e. The van der Waals surface area contributed by atoms with Crippen molar-refractivity contribution in [1.82, 2.24) is 0 Å². The minimum Gasteiger partial charge on any atom is -0.493 e. The molecular weight excluding hydrogens is 318 g/mol. The van der Waals surface area contributed by atoms with Crippen molar-refractivity contribution in [2.45, 2.75) is 19.8 Å². The van der Waals surface area contributed by atoms with E-state index in [9.17, 15) is 9.59 Å². The molecule has 0 saturated carbocycles. The quantitative estimate of drug-likeness (QED) is 0.760. The van der Waals surface area contributed by atoms with Crippen molar-refractivity contribution in [1.29, 1.82) is 0 Å². The Morgan fingerprint density at radius 1 is 1.08 bits per heavy atom. The van der Waals surface area contributed by atoms with Gasteiger partial charge in [0.1, 0.15) is 5.75 Å². The topological polar surface area (TPSA) is 55.8 Å². The van der Waals surface area contributed by atoms with E-state index in [1.54, 1.807) is 4.90 Å². The number of anilines is 1. The highest BCUT2D eigenvalue weighted by Gasteiger charge is 2.24. The van der Waals surface area contributed by atoms with E-state index < -0.39 is 5.97 Å². The van der Waals surface area contributed by atoms with Gasteiger partial charge in [0.05, 0.1) is 13.0 Å². The zero-order valence-electron chi connectivity index (χ0n) is 14.2. The molecule has 5 heteroatoms. The van der Waals surface area contributed by atoms with E-state index in [-0.39, 0.29) is 25.5 Å². The molecule has 0 aromatic heterocycles. The van der Waals surface area contributed by atoms with Crippen LogP contribution < -0.4 is 9.64 Å². The molecule has 0 spiro atoms. The zero-order valence-corrected chi connectivity index (χ0v) is 14.2. The van der Waals surface area contributed by atoms with Crippen LogP contribution in [0.15, 0.2) is 48.5 Å². The van der Waals surface area contributed by atoms with Gasteiger partial charge in [-0.2, -0.15) is 0 Å². The number of carbonyl (C=O) groups excluding carboxylic acids is 2. The molecule has 0 aliphatic carbocycles. The fourth-order valence-electron chi connectivity index (χ4n) is 2.85. The van der Waals surface area contributed by atoms with Crippen LogP contribution in [0.4, 0.5) is 5.69 Å². The summed E-state index contributed by atoms with van der Waals surface area (Å²) >= 11 is 0. The molecule has 25 heavy (non-hydrogen) atoms. The lowest BCUT2D eigenvalue weighted by molar-refractivity contribution is -0.148. The van der Waals surface area contributed by atoms with Gasteiger partial charge in [-0.3, -0.25) is 9.59 Å². The molecule has 130 valence electrons. The third kappa shape index (κ3) is 4.18. The van der Waals surface area contributed by atoms with Gasteiger partial charge in [0.15, 0.2) is 6.61 Å². The molecular formula is C20H21NO4. The standard InChI is InChI=1S/C20H21NO4/c1-15-6-2-5-9-18(15)24-13-11-20(23)25-14-19(22)21-12-10-16-7-3-4-8-17(16)21/h2-9H,10-14H2,1H3. The fourth-order valence-corrected chi connectivity index (χ4v) is 2.85. The van der Waals surface area contributed by atoms with Crippen molar-refractivity contribution in [3.05, 3.63) is 59.7 Å². The lowest BCUT2D eigenvalue weighted by Crippen LogP contribution is -2.33. The first-order chi connectivity index (χ1) is 12.1. The van der Waals surface area contributed by atoms with Crippen molar-refractivity contribution in [2.24, 2.45) is 0 Å². The lowest BCUT2D eigenvalue weighted by atomic mass is 10.2. The molecule has 0 N–H and O–H groups in total. The summed E-state index contributed by atoms with van der Waals surface area (Å²) in [5.74, 6) is 0.118. The van der Waals surface area contributed by atoms with Gasteiger partial charge >= 0.3 is 5.97 Å². The summed E-state index contributed by atoms with van der Waals surface area (Å²) in [4.78, 5) is 25.8. The summed E-state index contributed by atoms with van der Waals surface area (Å²) in [5, 5.41) is 0. The van der Waals surface area contributed by atoms with Crippen molar-refractivity contribution in [3.63, 3.8) is 0 Å². The van der Waals surface area contributed by atoms with Gasteiger partial charge in [-0.15, -0.1) is 0 Å². The van der Waals surface area contributed by atoms with Crippen LogP contribution in [0, 0.1) is 6.92 Å². The highest BCUT2D eigenvalue weighted by Crippen LogP contribution is 2.27. The Morgan fingerprint density at radius 2 is 1.84 bits per heavy atom. The number of esters is 1. The van der Waals surface area contributed by atoms with Crippen LogP contribution >= 0.6 is 0 Å². The first kappa shape index (κ1) is 17.0. The van der Waals surface area contributed by atoms with Crippen molar-refractivity contribution in [3.8, 4) is 5.75 Å². The van der Waals surface area contributed by atoms with Gasteiger partial charge in [0, 0.05) is 12.2 Å². The Labute approximate surface area is 147 Å². The highest BCUT2D eigenvalue weighted by molar-refractivity contribution is 5.97. The smallest absolute Gasteiger partial charge is 0.309 e. The Kier molecular flexibility index (Phi) is 5.33.